The predicted octanol–water partition coefficient (Wildman–Crippen LogP) is 2.09. The third-order valence-electron chi connectivity index (χ3n) is 4.73. The number of anilines is 1. The summed E-state index contributed by atoms with van der Waals surface area (Å²) in [7, 11) is 0. The van der Waals surface area contributed by atoms with Crippen LogP contribution in [-0.4, -0.2) is 28.4 Å². The smallest absolute Gasteiger partial charge is 0.329 e. The van der Waals surface area contributed by atoms with Gasteiger partial charge in [0.2, 0.25) is 5.91 Å². The zero-order valence-corrected chi connectivity index (χ0v) is 12.9. The maximum atomic E-state index is 12.5. The summed E-state index contributed by atoms with van der Waals surface area (Å²) in [6.45, 7) is 0. The number of carbonyl (C=O) groups excluding carboxylic acids is 2. The van der Waals surface area contributed by atoms with Gasteiger partial charge in [0.1, 0.15) is 5.54 Å². The topological polar surface area (TPSA) is 95.5 Å². The molecule has 1 fully saturated rings. The molecule has 0 spiro atoms. The van der Waals surface area contributed by atoms with E-state index in [9.17, 15) is 19.5 Å². The third-order valence-corrected chi connectivity index (χ3v) is 4.73. The molecule has 6 nitrogen and oxygen atoms in total. The second kappa shape index (κ2) is 6.02. The Kier molecular flexibility index (Phi) is 4.07. The first-order valence-electron chi connectivity index (χ1n) is 7.99. The van der Waals surface area contributed by atoms with Crippen LogP contribution in [0.2, 0.25) is 0 Å². The van der Waals surface area contributed by atoms with Gasteiger partial charge in [-0.05, 0) is 43.0 Å². The molecule has 2 aliphatic rings. The van der Waals surface area contributed by atoms with Gasteiger partial charge in [-0.15, -0.1) is 0 Å². The number of aliphatic carboxylic acids is 1. The largest absolute Gasteiger partial charge is 0.480 e. The minimum atomic E-state index is -1.15. The van der Waals surface area contributed by atoms with Crippen molar-refractivity contribution in [1.82, 2.24) is 5.32 Å². The van der Waals surface area contributed by atoms with Gasteiger partial charge in [-0.1, -0.05) is 19.3 Å². The van der Waals surface area contributed by atoms with Crippen LogP contribution >= 0.6 is 0 Å². The van der Waals surface area contributed by atoms with Gasteiger partial charge < -0.3 is 15.7 Å². The van der Waals surface area contributed by atoms with E-state index in [0.717, 1.165) is 30.5 Å². The highest BCUT2D eigenvalue weighted by Crippen LogP contribution is 2.29. The average molecular weight is 316 g/mol. The molecule has 1 aromatic rings. The van der Waals surface area contributed by atoms with Crippen LogP contribution in [0.25, 0.3) is 0 Å². The van der Waals surface area contributed by atoms with Crippen LogP contribution in [0, 0.1) is 0 Å². The molecule has 3 rings (SSSR count). The number of nitrogens with one attached hydrogen (secondary N) is 2. The van der Waals surface area contributed by atoms with Crippen LogP contribution < -0.4 is 10.6 Å². The number of hydrogen-bond donors (Lipinski definition) is 3. The number of aryl methyl sites for hydroxylation is 1. The molecule has 2 amide bonds. The van der Waals surface area contributed by atoms with E-state index in [4.69, 9.17) is 0 Å². The van der Waals surface area contributed by atoms with E-state index >= 15 is 0 Å². The summed E-state index contributed by atoms with van der Waals surface area (Å²) in [5.41, 5.74) is 0.916. The van der Waals surface area contributed by atoms with Crippen molar-refractivity contribution in [3.8, 4) is 0 Å². The third kappa shape index (κ3) is 3.06. The van der Waals surface area contributed by atoms with Gasteiger partial charge in [-0.25, -0.2) is 4.79 Å². The van der Waals surface area contributed by atoms with Crippen molar-refractivity contribution in [2.45, 2.75) is 50.5 Å². The van der Waals surface area contributed by atoms with E-state index < -0.39 is 11.5 Å². The zero-order chi connectivity index (χ0) is 16.4. The number of carboxylic acid groups (broad SMARTS) is 1. The standard InChI is InChI=1S/C17H20N2O4/c20-14-7-5-11-10-12(4-6-13(11)18-14)15(21)19-17(16(22)23)8-2-1-3-9-17/h4,6,10H,1-3,5,7-9H2,(H,18,20)(H,19,21)(H,22,23). The number of rotatable bonds is 3. The van der Waals surface area contributed by atoms with Crippen LogP contribution in [0.3, 0.4) is 0 Å². The van der Waals surface area contributed by atoms with Crippen molar-refractivity contribution in [1.29, 1.82) is 0 Å². The molecular weight excluding hydrogens is 296 g/mol. The fourth-order valence-electron chi connectivity index (χ4n) is 3.36. The SMILES string of the molecule is O=C1CCc2cc(C(=O)NC3(C(=O)O)CCCCC3)ccc2N1. The van der Waals surface area contributed by atoms with E-state index in [-0.39, 0.29) is 11.8 Å². The van der Waals surface area contributed by atoms with Gasteiger partial charge in [0.05, 0.1) is 0 Å². The van der Waals surface area contributed by atoms with Gasteiger partial charge in [0, 0.05) is 17.7 Å². The first-order valence-corrected chi connectivity index (χ1v) is 7.99. The Bertz CT molecular complexity index is 663. The van der Waals surface area contributed by atoms with Gasteiger partial charge in [0.15, 0.2) is 0 Å². The van der Waals surface area contributed by atoms with Crippen LogP contribution in [-0.2, 0) is 16.0 Å². The molecule has 0 atom stereocenters. The average Bonchev–Trinajstić information content (AvgIpc) is 2.55. The summed E-state index contributed by atoms with van der Waals surface area (Å²) in [6.07, 6.45) is 4.54. The Morgan fingerprint density at radius 2 is 1.87 bits per heavy atom. The molecule has 0 aromatic heterocycles. The zero-order valence-electron chi connectivity index (χ0n) is 12.9. The summed E-state index contributed by atoms with van der Waals surface area (Å²) in [5.74, 6) is -1.36. The Balaban J connectivity index is 1.80. The maximum Gasteiger partial charge on any atom is 0.329 e. The summed E-state index contributed by atoms with van der Waals surface area (Å²) in [4.78, 5) is 35.5. The predicted molar refractivity (Wildman–Crippen MR) is 84.3 cm³/mol. The molecule has 1 aliphatic carbocycles. The molecule has 1 heterocycles. The Morgan fingerprint density at radius 1 is 1.13 bits per heavy atom. The van der Waals surface area contributed by atoms with Crippen LogP contribution in [0.5, 0.6) is 0 Å². The fourth-order valence-corrected chi connectivity index (χ4v) is 3.36. The number of carboxylic acids is 1. The van der Waals surface area contributed by atoms with Crippen molar-refractivity contribution in [3.63, 3.8) is 0 Å². The summed E-state index contributed by atoms with van der Waals surface area (Å²) in [6, 6.07) is 5.07. The number of hydrogen-bond acceptors (Lipinski definition) is 3. The van der Waals surface area contributed by atoms with E-state index in [1.54, 1.807) is 18.2 Å². The van der Waals surface area contributed by atoms with E-state index in [1.807, 2.05) is 0 Å². The molecule has 0 saturated heterocycles. The molecule has 3 N–H and O–H groups in total. The second-order valence-electron chi connectivity index (χ2n) is 6.32. The number of benzene rings is 1. The van der Waals surface area contributed by atoms with E-state index in [1.165, 1.54) is 0 Å². The Hall–Kier alpha value is -2.37. The van der Waals surface area contributed by atoms with Crippen LogP contribution in [0.15, 0.2) is 18.2 Å². The van der Waals surface area contributed by atoms with Gasteiger partial charge >= 0.3 is 5.97 Å². The molecule has 23 heavy (non-hydrogen) atoms. The monoisotopic (exact) mass is 316 g/mol. The van der Waals surface area contributed by atoms with Crippen molar-refractivity contribution < 1.29 is 19.5 Å². The minimum Gasteiger partial charge on any atom is -0.480 e. The molecule has 1 aromatic carbocycles. The van der Waals surface area contributed by atoms with E-state index in [0.29, 0.717) is 31.2 Å². The lowest BCUT2D eigenvalue weighted by atomic mass is 9.81. The number of fused-ring (bicyclic) bond motifs is 1. The van der Waals surface area contributed by atoms with E-state index in [2.05, 4.69) is 10.6 Å². The molecule has 122 valence electrons. The minimum absolute atomic E-state index is 0.0262. The highest BCUT2D eigenvalue weighted by molar-refractivity contribution is 6.00. The fraction of sp³-hybridized carbons (Fsp3) is 0.471. The van der Waals surface area contributed by atoms with Crippen molar-refractivity contribution in [2.75, 3.05) is 5.32 Å². The normalized spacial score (nSPS) is 19.4. The lowest BCUT2D eigenvalue weighted by Gasteiger charge is -2.34. The molecule has 1 aliphatic heterocycles. The van der Waals surface area contributed by atoms with Crippen LogP contribution in [0.1, 0.15) is 54.4 Å². The molecular formula is C17H20N2O4. The lowest BCUT2D eigenvalue weighted by Crippen LogP contribution is -2.55. The summed E-state index contributed by atoms with van der Waals surface area (Å²) >= 11 is 0. The van der Waals surface area contributed by atoms with Gasteiger partial charge in [-0.3, -0.25) is 9.59 Å². The quantitative estimate of drug-likeness (QED) is 0.795. The summed E-state index contributed by atoms with van der Waals surface area (Å²) < 4.78 is 0. The molecule has 0 bridgehead atoms. The molecule has 0 radical (unpaired) electrons. The Labute approximate surface area is 134 Å². The molecule has 6 heteroatoms. The molecule has 1 saturated carbocycles. The van der Waals surface area contributed by atoms with Gasteiger partial charge in [0.25, 0.3) is 5.91 Å². The number of carbonyl (C=O) groups is 3. The summed E-state index contributed by atoms with van der Waals surface area (Å²) in [5, 5.41) is 15.0. The van der Waals surface area contributed by atoms with Crippen molar-refractivity contribution >= 4 is 23.5 Å². The highest BCUT2D eigenvalue weighted by atomic mass is 16.4. The Morgan fingerprint density at radius 3 is 2.57 bits per heavy atom. The molecule has 0 unspecified atom stereocenters. The second-order valence-corrected chi connectivity index (χ2v) is 6.32. The van der Waals surface area contributed by atoms with Crippen molar-refractivity contribution in [2.24, 2.45) is 0 Å². The first kappa shape index (κ1) is 15.5. The maximum absolute atomic E-state index is 12.5. The van der Waals surface area contributed by atoms with Gasteiger partial charge in [-0.2, -0.15) is 0 Å². The van der Waals surface area contributed by atoms with Crippen molar-refractivity contribution in [3.05, 3.63) is 29.3 Å². The first-order chi connectivity index (χ1) is 11.0. The highest BCUT2D eigenvalue weighted by Gasteiger charge is 2.41. The lowest BCUT2D eigenvalue weighted by molar-refractivity contribution is -0.145. The van der Waals surface area contributed by atoms with Crippen LogP contribution in [0.4, 0.5) is 5.69 Å². The number of amides is 2.